The summed E-state index contributed by atoms with van der Waals surface area (Å²) in [4.78, 5) is 18.9. The summed E-state index contributed by atoms with van der Waals surface area (Å²) in [5.41, 5.74) is 3.10. The predicted molar refractivity (Wildman–Crippen MR) is 126 cm³/mol. The van der Waals surface area contributed by atoms with Crippen LogP contribution in [0.5, 0.6) is 0 Å². The number of aliphatic imine (C=N–C) groups is 1. The van der Waals surface area contributed by atoms with Crippen molar-refractivity contribution in [2.24, 2.45) is 4.99 Å². The fourth-order valence-corrected chi connectivity index (χ4v) is 3.61. The Morgan fingerprint density at radius 2 is 1.97 bits per heavy atom. The van der Waals surface area contributed by atoms with Gasteiger partial charge in [0.2, 0.25) is 0 Å². The number of rotatable bonds is 13. The minimum atomic E-state index is -0.209. The highest BCUT2D eigenvalue weighted by molar-refractivity contribution is 6.18. The van der Waals surface area contributed by atoms with Gasteiger partial charge in [-0.1, -0.05) is 36.4 Å². The van der Waals surface area contributed by atoms with Gasteiger partial charge in [-0.15, -0.1) is 23.2 Å². The Labute approximate surface area is 189 Å². The van der Waals surface area contributed by atoms with E-state index in [2.05, 4.69) is 29.3 Å². The summed E-state index contributed by atoms with van der Waals surface area (Å²) in [5.74, 6) is 0.860. The van der Waals surface area contributed by atoms with Crippen LogP contribution in [-0.2, 0) is 9.53 Å². The number of esters is 1. The number of nitrogens with zero attached hydrogens (tertiary/aromatic N) is 2. The van der Waals surface area contributed by atoms with Gasteiger partial charge in [0.05, 0.1) is 12.1 Å². The van der Waals surface area contributed by atoms with Gasteiger partial charge in [-0.05, 0) is 24.6 Å². The van der Waals surface area contributed by atoms with Crippen LogP contribution in [0.15, 0.2) is 53.6 Å². The molecule has 0 aliphatic heterocycles. The number of alkyl halides is 2. The molecule has 1 N–H and O–H groups in total. The molecule has 164 valence electrons. The number of para-hydroxylation sites is 1. The van der Waals surface area contributed by atoms with Crippen molar-refractivity contribution in [3.8, 4) is 0 Å². The topological polar surface area (TPSA) is 53.9 Å². The average molecular weight is 452 g/mol. The third kappa shape index (κ3) is 9.00. The SMILES string of the molecule is C[C@H](NCCC(=O)OCCN(CCCl)CCCl)c1ccccc1N=C1C=CC=CC1. The summed E-state index contributed by atoms with van der Waals surface area (Å²) in [6.45, 7) is 5.09. The van der Waals surface area contributed by atoms with E-state index in [9.17, 15) is 4.79 Å². The van der Waals surface area contributed by atoms with Gasteiger partial charge < -0.3 is 10.1 Å². The van der Waals surface area contributed by atoms with Crippen molar-refractivity contribution in [3.05, 3.63) is 54.1 Å². The molecule has 2 rings (SSSR count). The van der Waals surface area contributed by atoms with E-state index < -0.39 is 0 Å². The molecule has 5 nitrogen and oxygen atoms in total. The van der Waals surface area contributed by atoms with Crippen molar-refractivity contribution >= 4 is 40.6 Å². The minimum absolute atomic E-state index is 0.0735. The van der Waals surface area contributed by atoms with E-state index in [0.717, 1.165) is 36.5 Å². The lowest BCUT2D eigenvalue weighted by atomic mass is 10.1. The van der Waals surface area contributed by atoms with Crippen molar-refractivity contribution in [2.75, 3.05) is 44.5 Å². The Balaban J connectivity index is 1.77. The highest BCUT2D eigenvalue weighted by Gasteiger charge is 2.12. The minimum Gasteiger partial charge on any atom is -0.464 e. The first kappa shape index (κ1) is 24.6. The number of hydrogen-bond acceptors (Lipinski definition) is 5. The lowest BCUT2D eigenvalue weighted by molar-refractivity contribution is -0.143. The molecule has 0 fully saturated rings. The number of ether oxygens (including phenoxy) is 1. The third-order valence-electron chi connectivity index (χ3n) is 4.78. The van der Waals surface area contributed by atoms with Gasteiger partial charge in [-0.2, -0.15) is 0 Å². The van der Waals surface area contributed by atoms with E-state index in [1.807, 2.05) is 36.4 Å². The van der Waals surface area contributed by atoms with Gasteiger partial charge >= 0.3 is 5.97 Å². The third-order valence-corrected chi connectivity index (χ3v) is 5.12. The molecule has 0 bridgehead atoms. The van der Waals surface area contributed by atoms with E-state index in [1.54, 1.807) is 0 Å². The summed E-state index contributed by atoms with van der Waals surface area (Å²) in [6, 6.07) is 8.17. The number of carbonyl (C=O) groups excluding carboxylic acids is 1. The number of carbonyl (C=O) groups is 1. The quantitative estimate of drug-likeness (QED) is 0.350. The largest absolute Gasteiger partial charge is 0.464 e. The van der Waals surface area contributed by atoms with Crippen molar-refractivity contribution in [1.82, 2.24) is 10.2 Å². The summed E-state index contributed by atoms with van der Waals surface area (Å²) in [7, 11) is 0. The van der Waals surface area contributed by atoms with Crippen molar-refractivity contribution in [2.45, 2.75) is 25.8 Å². The molecule has 1 atom stereocenters. The molecule has 1 aromatic carbocycles. The number of benzene rings is 1. The average Bonchev–Trinajstić information content (AvgIpc) is 2.75. The molecule has 0 saturated heterocycles. The first-order valence-corrected chi connectivity index (χ1v) is 11.4. The zero-order valence-electron chi connectivity index (χ0n) is 17.5. The van der Waals surface area contributed by atoms with Crippen LogP contribution in [0.3, 0.4) is 0 Å². The molecule has 1 aliphatic rings. The molecular formula is C23H31Cl2N3O2. The lowest BCUT2D eigenvalue weighted by Crippen LogP contribution is -2.32. The molecular weight excluding hydrogens is 421 g/mol. The molecule has 0 saturated carbocycles. The number of nitrogens with one attached hydrogen (secondary N) is 1. The Hall–Kier alpha value is -1.66. The van der Waals surface area contributed by atoms with Crippen LogP contribution < -0.4 is 5.32 Å². The van der Waals surface area contributed by atoms with Gasteiger partial charge in [0.15, 0.2) is 0 Å². The van der Waals surface area contributed by atoms with Crippen molar-refractivity contribution in [3.63, 3.8) is 0 Å². The van der Waals surface area contributed by atoms with Crippen LogP contribution >= 0.6 is 23.2 Å². The number of hydrogen-bond donors (Lipinski definition) is 1. The second-order valence-electron chi connectivity index (χ2n) is 7.02. The highest BCUT2D eigenvalue weighted by atomic mass is 35.5. The molecule has 1 aliphatic carbocycles. The second kappa shape index (κ2) is 14.4. The van der Waals surface area contributed by atoms with Gasteiger partial charge in [-0.3, -0.25) is 14.7 Å². The van der Waals surface area contributed by atoms with Crippen LogP contribution in [-0.4, -0.2) is 61.1 Å². The zero-order valence-corrected chi connectivity index (χ0v) is 19.0. The summed E-state index contributed by atoms with van der Waals surface area (Å²) >= 11 is 11.5. The van der Waals surface area contributed by atoms with E-state index in [4.69, 9.17) is 32.9 Å². The molecule has 1 aromatic rings. The smallest absolute Gasteiger partial charge is 0.307 e. The van der Waals surface area contributed by atoms with Gasteiger partial charge in [0.1, 0.15) is 6.61 Å². The maximum atomic E-state index is 12.0. The lowest BCUT2D eigenvalue weighted by Gasteiger charge is -2.19. The van der Waals surface area contributed by atoms with Crippen LogP contribution in [0.1, 0.15) is 31.4 Å². The van der Waals surface area contributed by atoms with Crippen LogP contribution in [0, 0.1) is 0 Å². The van der Waals surface area contributed by atoms with Crippen LogP contribution in [0.4, 0.5) is 5.69 Å². The maximum absolute atomic E-state index is 12.0. The zero-order chi connectivity index (χ0) is 21.6. The molecule has 0 radical (unpaired) electrons. The molecule has 0 spiro atoms. The Kier molecular flexibility index (Phi) is 11.8. The molecule has 0 heterocycles. The molecule has 0 aromatic heterocycles. The fraction of sp³-hybridized carbons (Fsp3) is 0.478. The van der Waals surface area contributed by atoms with E-state index in [0.29, 0.717) is 37.9 Å². The second-order valence-corrected chi connectivity index (χ2v) is 7.78. The van der Waals surface area contributed by atoms with E-state index in [1.165, 1.54) is 0 Å². The van der Waals surface area contributed by atoms with Crippen LogP contribution in [0.25, 0.3) is 0 Å². The van der Waals surface area contributed by atoms with Crippen molar-refractivity contribution < 1.29 is 9.53 Å². The van der Waals surface area contributed by atoms with E-state index in [-0.39, 0.29) is 12.0 Å². The van der Waals surface area contributed by atoms with E-state index >= 15 is 0 Å². The monoisotopic (exact) mass is 451 g/mol. The van der Waals surface area contributed by atoms with Gasteiger partial charge in [0, 0.05) is 56.1 Å². The van der Waals surface area contributed by atoms with Crippen LogP contribution in [0.2, 0.25) is 0 Å². The van der Waals surface area contributed by atoms with Gasteiger partial charge in [-0.25, -0.2) is 0 Å². The Bertz CT molecular complexity index is 744. The molecule has 7 heteroatoms. The normalized spacial score (nSPS) is 15.7. The first-order chi connectivity index (χ1) is 14.6. The maximum Gasteiger partial charge on any atom is 0.307 e. The summed E-state index contributed by atoms with van der Waals surface area (Å²) < 4.78 is 5.33. The number of halogens is 2. The predicted octanol–water partition coefficient (Wildman–Crippen LogP) is 4.64. The molecule has 0 unspecified atom stereocenters. The van der Waals surface area contributed by atoms with Crippen molar-refractivity contribution in [1.29, 1.82) is 0 Å². The fourth-order valence-electron chi connectivity index (χ4n) is 3.13. The first-order valence-electron chi connectivity index (χ1n) is 10.4. The molecule has 0 amide bonds. The van der Waals surface area contributed by atoms with Gasteiger partial charge in [0.25, 0.3) is 0 Å². The Morgan fingerprint density at radius 1 is 1.20 bits per heavy atom. The summed E-state index contributed by atoms with van der Waals surface area (Å²) in [6.07, 6.45) is 9.32. The summed E-state index contributed by atoms with van der Waals surface area (Å²) in [5, 5.41) is 3.40. The standard InChI is InChI=1S/C23H31Cl2N3O2/c1-19(21-9-5-6-10-22(21)27-20-7-3-2-4-8-20)26-14-11-23(29)30-18-17-28(15-12-24)16-13-25/h2-7,9-10,19,26H,8,11-18H2,1H3/t19-/m0/s1. The highest BCUT2D eigenvalue weighted by Crippen LogP contribution is 2.26. The number of allylic oxidation sites excluding steroid dienone is 4. The molecule has 30 heavy (non-hydrogen) atoms. The Morgan fingerprint density at radius 3 is 2.67 bits per heavy atom.